The molecule has 112 valence electrons. The fourth-order valence-corrected chi connectivity index (χ4v) is 2.78. The molecule has 1 heterocycles. The van der Waals surface area contributed by atoms with Gasteiger partial charge in [-0.05, 0) is 62.5 Å². The number of rotatable bonds is 5. The Hall–Kier alpha value is -0.770. The second-order valence-corrected chi connectivity index (χ2v) is 6.29. The number of piperidine rings is 1. The maximum absolute atomic E-state index is 10.1. The van der Waals surface area contributed by atoms with E-state index in [9.17, 15) is 5.11 Å². The Morgan fingerprint density at radius 2 is 2.10 bits per heavy atom. The summed E-state index contributed by atoms with van der Waals surface area (Å²) >= 11 is 5.91. The van der Waals surface area contributed by atoms with Crippen LogP contribution in [0.1, 0.15) is 25.3 Å². The molecule has 0 bridgehead atoms. The molecule has 1 aliphatic heterocycles. The van der Waals surface area contributed by atoms with Crippen molar-refractivity contribution in [1.82, 2.24) is 4.90 Å². The van der Waals surface area contributed by atoms with Crippen molar-refractivity contribution in [2.45, 2.75) is 32.8 Å². The standard InChI is InChI=1S/C16H24ClNO2/c1-12-5-7-18(8-6-12)10-15(19)11-20-16-4-3-14(17)9-13(16)2/h3-4,9,12,15,19H,5-8,10-11H2,1-2H3. The second-order valence-electron chi connectivity index (χ2n) is 5.86. The van der Waals surface area contributed by atoms with Gasteiger partial charge in [0.1, 0.15) is 18.5 Å². The molecular weight excluding hydrogens is 274 g/mol. The van der Waals surface area contributed by atoms with Crippen LogP contribution in [0.4, 0.5) is 0 Å². The van der Waals surface area contributed by atoms with E-state index in [1.54, 1.807) is 0 Å². The van der Waals surface area contributed by atoms with E-state index in [2.05, 4.69) is 11.8 Å². The Morgan fingerprint density at radius 1 is 1.40 bits per heavy atom. The van der Waals surface area contributed by atoms with Crippen molar-refractivity contribution < 1.29 is 9.84 Å². The third-order valence-electron chi connectivity index (χ3n) is 3.91. The smallest absolute Gasteiger partial charge is 0.122 e. The Balaban J connectivity index is 1.76. The predicted molar refractivity (Wildman–Crippen MR) is 82.5 cm³/mol. The minimum absolute atomic E-state index is 0.328. The largest absolute Gasteiger partial charge is 0.491 e. The summed E-state index contributed by atoms with van der Waals surface area (Å²) in [6.07, 6.45) is 2.01. The van der Waals surface area contributed by atoms with Gasteiger partial charge in [-0.15, -0.1) is 0 Å². The Bertz CT molecular complexity index is 430. The van der Waals surface area contributed by atoms with Crippen LogP contribution in [-0.2, 0) is 0 Å². The number of aryl methyl sites for hydroxylation is 1. The molecule has 1 unspecified atom stereocenters. The van der Waals surface area contributed by atoms with Crippen molar-refractivity contribution in [3.8, 4) is 5.75 Å². The molecule has 2 rings (SSSR count). The third kappa shape index (κ3) is 4.65. The van der Waals surface area contributed by atoms with E-state index in [1.165, 1.54) is 12.8 Å². The van der Waals surface area contributed by atoms with Crippen molar-refractivity contribution in [2.24, 2.45) is 5.92 Å². The number of hydrogen-bond acceptors (Lipinski definition) is 3. The van der Waals surface area contributed by atoms with Crippen LogP contribution >= 0.6 is 11.6 Å². The van der Waals surface area contributed by atoms with Crippen molar-refractivity contribution in [2.75, 3.05) is 26.2 Å². The summed E-state index contributed by atoms with van der Waals surface area (Å²) in [5, 5.41) is 10.8. The summed E-state index contributed by atoms with van der Waals surface area (Å²) in [6.45, 7) is 7.43. The zero-order valence-corrected chi connectivity index (χ0v) is 13.1. The van der Waals surface area contributed by atoms with E-state index in [4.69, 9.17) is 16.3 Å². The minimum atomic E-state index is -0.446. The first kappa shape index (κ1) is 15.6. The molecule has 1 aromatic carbocycles. The first-order valence-corrected chi connectivity index (χ1v) is 7.72. The summed E-state index contributed by atoms with van der Waals surface area (Å²) in [7, 11) is 0. The van der Waals surface area contributed by atoms with Crippen LogP contribution in [0, 0.1) is 12.8 Å². The van der Waals surface area contributed by atoms with Gasteiger partial charge in [-0.2, -0.15) is 0 Å². The molecule has 20 heavy (non-hydrogen) atoms. The van der Waals surface area contributed by atoms with Gasteiger partial charge in [-0.3, -0.25) is 0 Å². The van der Waals surface area contributed by atoms with Crippen molar-refractivity contribution in [3.63, 3.8) is 0 Å². The lowest BCUT2D eigenvalue weighted by Gasteiger charge is -2.31. The minimum Gasteiger partial charge on any atom is -0.491 e. The second kappa shape index (κ2) is 7.30. The van der Waals surface area contributed by atoms with E-state index < -0.39 is 6.10 Å². The highest BCUT2D eigenvalue weighted by Crippen LogP contribution is 2.22. The van der Waals surface area contributed by atoms with E-state index in [0.717, 1.165) is 30.3 Å². The number of benzene rings is 1. The first-order chi connectivity index (χ1) is 9.54. The molecular formula is C16H24ClNO2. The number of hydrogen-bond donors (Lipinski definition) is 1. The highest BCUT2D eigenvalue weighted by molar-refractivity contribution is 6.30. The fraction of sp³-hybridized carbons (Fsp3) is 0.625. The normalized spacial score (nSPS) is 19.0. The third-order valence-corrected chi connectivity index (χ3v) is 4.15. The van der Waals surface area contributed by atoms with Crippen LogP contribution in [-0.4, -0.2) is 42.4 Å². The zero-order chi connectivity index (χ0) is 14.5. The SMILES string of the molecule is Cc1cc(Cl)ccc1OCC(O)CN1CCC(C)CC1. The average Bonchev–Trinajstić information content (AvgIpc) is 2.40. The van der Waals surface area contributed by atoms with Crippen LogP contribution in [0.2, 0.25) is 5.02 Å². The maximum Gasteiger partial charge on any atom is 0.122 e. The van der Waals surface area contributed by atoms with Crippen LogP contribution in [0.3, 0.4) is 0 Å². The van der Waals surface area contributed by atoms with Crippen LogP contribution in [0.25, 0.3) is 0 Å². The molecule has 4 heteroatoms. The van der Waals surface area contributed by atoms with Gasteiger partial charge in [0.15, 0.2) is 0 Å². The molecule has 1 aromatic rings. The lowest BCUT2D eigenvalue weighted by atomic mass is 9.99. The molecule has 1 saturated heterocycles. The number of ether oxygens (including phenoxy) is 1. The highest BCUT2D eigenvalue weighted by Gasteiger charge is 2.18. The predicted octanol–water partition coefficient (Wildman–Crippen LogP) is 3.12. The van der Waals surface area contributed by atoms with E-state index >= 15 is 0 Å². The number of likely N-dealkylation sites (tertiary alicyclic amines) is 1. The monoisotopic (exact) mass is 297 g/mol. The van der Waals surface area contributed by atoms with Crippen molar-refractivity contribution >= 4 is 11.6 Å². The Morgan fingerprint density at radius 3 is 2.75 bits per heavy atom. The molecule has 1 fully saturated rings. The van der Waals surface area contributed by atoms with Crippen molar-refractivity contribution in [3.05, 3.63) is 28.8 Å². The molecule has 0 radical (unpaired) electrons. The van der Waals surface area contributed by atoms with Gasteiger partial charge in [-0.1, -0.05) is 18.5 Å². The quantitative estimate of drug-likeness (QED) is 0.906. The number of β-amino-alcohol motifs (C(OH)–C–C–N with tert-alkyl or cyclic N) is 1. The van der Waals surface area contributed by atoms with Gasteiger partial charge >= 0.3 is 0 Å². The van der Waals surface area contributed by atoms with Gasteiger partial charge in [0, 0.05) is 11.6 Å². The number of nitrogens with zero attached hydrogens (tertiary/aromatic N) is 1. The van der Waals surface area contributed by atoms with Gasteiger partial charge in [0.05, 0.1) is 0 Å². The first-order valence-electron chi connectivity index (χ1n) is 7.34. The number of aliphatic hydroxyl groups is 1. The van der Waals surface area contributed by atoms with Crippen LogP contribution < -0.4 is 4.74 Å². The van der Waals surface area contributed by atoms with Crippen LogP contribution in [0.5, 0.6) is 5.75 Å². The van der Waals surface area contributed by atoms with E-state index in [-0.39, 0.29) is 0 Å². The Kier molecular flexibility index (Phi) is 5.70. The highest BCUT2D eigenvalue weighted by atomic mass is 35.5. The summed E-state index contributed by atoms with van der Waals surface area (Å²) in [4.78, 5) is 2.32. The lowest BCUT2D eigenvalue weighted by Crippen LogP contribution is -2.40. The molecule has 1 aliphatic rings. The van der Waals surface area contributed by atoms with E-state index in [0.29, 0.717) is 18.2 Å². The molecule has 0 spiro atoms. The summed E-state index contributed by atoms with van der Waals surface area (Å²) in [6, 6.07) is 5.53. The topological polar surface area (TPSA) is 32.7 Å². The summed E-state index contributed by atoms with van der Waals surface area (Å²) in [5.74, 6) is 1.61. The molecule has 1 atom stereocenters. The lowest BCUT2D eigenvalue weighted by molar-refractivity contribution is 0.0561. The number of aliphatic hydroxyl groups excluding tert-OH is 1. The summed E-state index contributed by atoms with van der Waals surface area (Å²) in [5.41, 5.74) is 0.997. The average molecular weight is 298 g/mol. The summed E-state index contributed by atoms with van der Waals surface area (Å²) < 4.78 is 5.68. The van der Waals surface area contributed by atoms with Gasteiger partial charge in [0.2, 0.25) is 0 Å². The number of halogens is 1. The zero-order valence-electron chi connectivity index (χ0n) is 12.3. The molecule has 0 saturated carbocycles. The van der Waals surface area contributed by atoms with Gasteiger partial charge < -0.3 is 14.7 Å². The molecule has 3 nitrogen and oxygen atoms in total. The Labute approximate surface area is 126 Å². The van der Waals surface area contributed by atoms with Gasteiger partial charge in [0.25, 0.3) is 0 Å². The van der Waals surface area contributed by atoms with E-state index in [1.807, 2.05) is 25.1 Å². The van der Waals surface area contributed by atoms with Gasteiger partial charge in [-0.25, -0.2) is 0 Å². The van der Waals surface area contributed by atoms with Crippen molar-refractivity contribution in [1.29, 1.82) is 0 Å². The fourth-order valence-electron chi connectivity index (χ4n) is 2.56. The molecule has 1 N–H and O–H groups in total. The molecule has 0 amide bonds. The molecule has 0 aromatic heterocycles. The molecule has 0 aliphatic carbocycles. The van der Waals surface area contributed by atoms with Crippen LogP contribution in [0.15, 0.2) is 18.2 Å². The maximum atomic E-state index is 10.1.